The van der Waals surface area contributed by atoms with Crippen LogP contribution in [0.3, 0.4) is 0 Å². The van der Waals surface area contributed by atoms with Gasteiger partial charge in [-0.15, -0.1) is 11.8 Å². The van der Waals surface area contributed by atoms with Gasteiger partial charge >= 0.3 is 0 Å². The molecule has 0 spiro atoms. The van der Waals surface area contributed by atoms with Gasteiger partial charge in [-0.25, -0.2) is 0 Å². The molecule has 0 unspecified atom stereocenters. The number of hydrogen-bond acceptors (Lipinski definition) is 3. The second kappa shape index (κ2) is 5.48. The second-order valence-corrected chi connectivity index (χ2v) is 5.09. The van der Waals surface area contributed by atoms with Gasteiger partial charge in [0, 0.05) is 4.90 Å². The molecule has 88 valence electrons. The van der Waals surface area contributed by atoms with Crippen molar-refractivity contribution in [1.29, 1.82) is 0 Å². The summed E-state index contributed by atoms with van der Waals surface area (Å²) in [5, 5.41) is 9.73. The molecule has 16 heavy (non-hydrogen) atoms. The number of aromatic hydroxyl groups is 1. The molecule has 0 amide bonds. The van der Waals surface area contributed by atoms with Crippen LogP contribution in [0.25, 0.3) is 0 Å². The molecule has 0 aliphatic heterocycles. The number of phenols is 1. The Balaban J connectivity index is 2.06. The van der Waals surface area contributed by atoms with E-state index in [-0.39, 0.29) is 11.9 Å². The number of phenolic OH excluding ortho intramolecular Hbond substituents is 1. The van der Waals surface area contributed by atoms with Crippen molar-refractivity contribution < 1.29 is 9.84 Å². The first kappa shape index (κ1) is 11.6. The largest absolute Gasteiger partial charge is 0.504 e. The third-order valence-corrected chi connectivity index (χ3v) is 3.74. The molecule has 3 heteroatoms. The van der Waals surface area contributed by atoms with E-state index in [4.69, 9.17) is 4.74 Å². The fourth-order valence-electron chi connectivity index (χ4n) is 2.08. The van der Waals surface area contributed by atoms with Crippen LogP contribution in [-0.2, 0) is 0 Å². The Labute approximate surface area is 101 Å². The van der Waals surface area contributed by atoms with Crippen molar-refractivity contribution >= 4 is 11.8 Å². The lowest BCUT2D eigenvalue weighted by Gasteiger charge is -2.23. The minimum atomic E-state index is 0.253. The first-order valence-electron chi connectivity index (χ1n) is 5.83. The fourth-order valence-corrected chi connectivity index (χ4v) is 2.51. The van der Waals surface area contributed by atoms with Crippen molar-refractivity contribution in [1.82, 2.24) is 0 Å². The van der Waals surface area contributed by atoms with E-state index in [0.717, 1.165) is 17.7 Å². The lowest BCUT2D eigenvalue weighted by atomic mass is 9.98. The number of thioether (sulfide) groups is 1. The summed E-state index contributed by atoms with van der Waals surface area (Å²) in [5.41, 5.74) is 0. The highest BCUT2D eigenvalue weighted by Gasteiger charge is 2.16. The minimum absolute atomic E-state index is 0.253. The molecule has 1 aliphatic rings. The van der Waals surface area contributed by atoms with Crippen molar-refractivity contribution in [3.8, 4) is 11.5 Å². The molecular formula is C13H18O2S. The van der Waals surface area contributed by atoms with E-state index in [1.165, 1.54) is 19.3 Å². The Morgan fingerprint density at radius 1 is 1.25 bits per heavy atom. The molecule has 2 nitrogen and oxygen atoms in total. The van der Waals surface area contributed by atoms with Crippen LogP contribution in [0.1, 0.15) is 32.1 Å². The molecule has 0 heterocycles. The first-order valence-corrected chi connectivity index (χ1v) is 7.06. The third-order valence-electron chi connectivity index (χ3n) is 3.01. The van der Waals surface area contributed by atoms with Crippen molar-refractivity contribution in [2.75, 3.05) is 6.26 Å². The van der Waals surface area contributed by atoms with Crippen LogP contribution in [0.5, 0.6) is 11.5 Å². The Kier molecular flexibility index (Phi) is 3.99. The molecule has 0 aromatic heterocycles. The molecule has 2 rings (SSSR count). The van der Waals surface area contributed by atoms with Crippen molar-refractivity contribution in [3.05, 3.63) is 18.2 Å². The molecule has 1 aromatic rings. The quantitative estimate of drug-likeness (QED) is 0.812. The smallest absolute Gasteiger partial charge is 0.162 e. The fraction of sp³-hybridized carbons (Fsp3) is 0.538. The lowest BCUT2D eigenvalue weighted by molar-refractivity contribution is 0.149. The highest BCUT2D eigenvalue weighted by Crippen LogP contribution is 2.33. The molecule has 0 bridgehead atoms. The zero-order chi connectivity index (χ0) is 11.4. The van der Waals surface area contributed by atoms with E-state index in [0.29, 0.717) is 5.75 Å². The predicted octanol–water partition coefficient (Wildman–Crippen LogP) is 3.83. The molecule has 1 N–H and O–H groups in total. The maximum absolute atomic E-state index is 9.73. The zero-order valence-corrected chi connectivity index (χ0v) is 10.4. The van der Waals surface area contributed by atoms with Crippen molar-refractivity contribution in [3.63, 3.8) is 0 Å². The first-order chi connectivity index (χ1) is 7.79. The van der Waals surface area contributed by atoms with Crippen LogP contribution < -0.4 is 4.74 Å². The van der Waals surface area contributed by atoms with Gasteiger partial charge in [-0.2, -0.15) is 0 Å². The average Bonchev–Trinajstić information content (AvgIpc) is 2.33. The van der Waals surface area contributed by atoms with Gasteiger partial charge < -0.3 is 9.84 Å². The molecule has 0 atom stereocenters. The van der Waals surface area contributed by atoms with E-state index in [1.54, 1.807) is 17.8 Å². The van der Waals surface area contributed by atoms with Gasteiger partial charge in [-0.3, -0.25) is 0 Å². The maximum atomic E-state index is 9.73. The van der Waals surface area contributed by atoms with E-state index < -0.39 is 0 Å². The summed E-state index contributed by atoms with van der Waals surface area (Å²) in [4.78, 5) is 1.13. The second-order valence-electron chi connectivity index (χ2n) is 4.21. The Morgan fingerprint density at radius 3 is 2.69 bits per heavy atom. The van der Waals surface area contributed by atoms with Gasteiger partial charge in [-0.05, 0) is 50.1 Å². The number of rotatable bonds is 3. The van der Waals surface area contributed by atoms with E-state index in [2.05, 4.69) is 0 Å². The van der Waals surface area contributed by atoms with Crippen molar-refractivity contribution in [2.45, 2.75) is 43.1 Å². The summed E-state index contributed by atoms with van der Waals surface area (Å²) >= 11 is 1.66. The third kappa shape index (κ3) is 2.85. The number of benzene rings is 1. The summed E-state index contributed by atoms with van der Waals surface area (Å²) in [6, 6.07) is 5.55. The highest BCUT2D eigenvalue weighted by molar-refractivity contribution is 7.98. The van der Waals surface area contributed by atoms with Crippen LogP contribution in [0.4, 0.5) is 0 Å². The molecule has 0 saturated heterocycles. The standard InChI is InChI=1S/C13H18O2S/c1-16-11-7-8-12(14)13(9-11)15-10-5-3-2-4-6-10/h7-10,14H,2-6H2,1H3. The summed E-state index contributed by atoms with van der Waals surface area (Å²) < 4.78 is 5.87. The Hall–Kier alpha value is -0.830. The minimum Gasteiger partial charge on any atom is -0.504 e. The van der Waals surface area contributed by atoms with Crippen molar-refractivity contribution in [2.24, 2.45) is 0 Å². The number of hydrogen-bond donors (Lipinski definition) is 1. The van der Waals surface area contributed by atoms with E-state index >= 15 is 0 Å². The van der Waals surface area contributed by atoms with Crippen LogP contribution >= 0.6 is 11.8 Å². The highest BCUT2D eigenvalue weighted by atomic mass is 32.2. The van der Waals surface area contributed by atoms with Gasteiger partial charge in [0.05, 0.1) is 6.10 Å². The molecule has 1 saturated carbocycles. The average molecular weight is 238 g/mol. The van der Waals surface area contributed by atoms with Gasteiger partial charge in [0.15, 0.2) is 11.5 Å². The molecule has 1 fully saturated rings. The van der Waals surface area contributed by atoms with Crippen LogP contribution in [0.2, 0.25) is 0 Å². The summed E-state index contributed by atoms with van der Waals surface area (Å²) in [6.07, 6.45) is 8.34. The lowest BCUT2D eigenvalue weighted by Crippen LogP contribution is -2.19. The van der Waals surface area contributed by atoms with Gasteiger partial charge in [0.2, 0.25) is 0 Å². The SMILES string of the molecule is CSc1ccc(O)c(OC2CCCCC2)c1. The van der Waals surface area contributed by atoms with Crippen LogP contribution in [-0.4, -0.2) is 17.5 Å². The monoisotopic (exact) mass is 238 g/mol. The molecule has 1 aromatic carbocycles. The zero-order valence-electron chi connectivity index (χ0n) is 9.61. The van der Waals surface area contributed by atoms with Gasteiger partial charge in [0.1, 0.15) is 0 Å². The summed E-state index contributed by atoms with van der Waals surface area (Å²) in [5.74, 6) is 0.891. The maximum Gasteiger partial charge on any atom is 0.162 e. The molecular weight excluding hydrogens is 220 g/mol. The van der Waals surface area contributed by atoms with Gasteiger partial charge in [0.25, 0.3) is 0 Å². The number of ether oxygens (including phenoxy) is 1. The predicted molar refractivity (Wildman–Crippen MR) is 67.4 cm³/mol. The Morgan fingerprint density at radius 2 is 2.00 bits per heavy atom. The molecule has 0 radical (unpaired) electrons. The molecule has 1 aliphatic carbocycles. The van der Waals surface area contributed by atoms with E-state index in [9.17, 15) is 5.11 Å². The van der Waals surface area contributed by atoms with E-state index in [1.807, 2.05) is 18.4 Å². The summed E-state index contributed by atoms with van der Waals surface area (Å²) in [6.45, 7) is 0. The Bertz CT molecular complexity index is 346. The van der Waals surface area contributed by atoms with Crippen LogP contribution in [0, 0.1) is 0 Å². The van der Waals surface area contributed by atoms with Crippen LogP contribution in [0.15, 0.2) is 23.1 Å². The summed E-state index contributed by atoms with van der Waals surface area (Å²) in [7, 11) is 0. The normalized spacial score (nSPS) is 17.3. The topological polar surface area (TPSA) is 29.5 Å². The van der Waals surface area contributed by atoms with Gasteiger partial charge in [-0.1, -0.05) is 6.42 Å².